The fourth-order valence-electron chi connectivity index (χ4n) is 1.67. The Balaban J connectivity index is 2.26. The lowest BCUT2D eigenvalue weighted by Crippen LogP contribution is -2.16. The summed E-state index contributed by atoms with van der Waals surface area (Å²) in [6.07, 6.45) is 1.47. The van der Waals surface area contributed by atoms with Crippen molar-refractivity contribution in [2.75, 3.05) is 18.2 Å². The van der Waals surface area contributed by atoms with Crippen LogP contribution in [0.2, 0.25) is 5.02 Å². The maximum Gasteiger partial charge on any atom is 0.339 e. The topological polar surface area (TPSA) is 94.3 Å². The van der Waals surface area contributed by atoms with E-state index in [9.17, 15) is 9.59 Å². The van der Waals surface area contributed by atoms with Gasteiger partial charge in [0.2, 0.25) is 0 Å². The second-order valence-electron chi connectivity index (χ2n) is 4.08. The fourth-order valence-corrected chi connectivity index (χ4v) is 1.86. The van der Waals surface area contributed by atoms with Gasteiger partial charge in [-0.15, -0.1) is 0 Å². The van der Waals surface area contributed by atoms with Gasteiger partial charge in [0.25, 0.3) is 5.91 Å². The molecule has 2 aromatic rings. The Labute approximate surface area is 125 Å². The number of amides is 1. The molecule has 0 saturated carbocycles. The first kappa shape index (κ1) is 14.8. The molecule has 0 aliphatic rings. The molecule has 1 aromatic heterocycles. The summed E-state index contributed by atoms with van der Waals surface area (Å²) >= 11 is 5.90. The minimum absolute atomic E-state index is 0.104. The van der Waals surface area contributed by atoms with E-state index in [1.165, 1.54) is 25.4 Å². The molecule has 2 rings (SSSR count). The van der Waals surface area contributed by atoms with E-state index >= 15 is 0 Å². The van der Waals surface area contributed by atoms with Crippen molar-refractivity contribution in [3.05, 3.63) is 52.8 Å². The molecular weight excluding hydrogens is 294 g/mol. The summed E-state index contributed by atoms with van der Waals surface area (Å²) in [4.78, 5) is 27.5. The normalized spacial score (nSPS) is 10.0. The number of ether oxygens (including phenoxy) is 1. The van der Waals surface area contributed by atoms with E-state index in [-0.39, 0.29) is 22.0 Å². The van der Waals surface area contributed by atoms with Gasteiger partial charge in [-0.05, 0) is 30.3 Å². The Morgan fingerprint density at radius 3 is 2.76 bits per heavy atom. The van der Waals surface area contributed by atoms with Crippen molar-refractivity contribution in [2.24, 2.45) is 0 Å². The van der Waals surface area contributed by atoms with Gasteiger partial charge >= 0.3 is 5.97 Å². The van der Waals surface area contributed by atoms with Gasteiger partial charge < -0.3 is 15.8 Å². The van der Waals surface area contributed by atoms with Crippen LogP contribution in [0.15, 0.2) is 36.5 Å². The Kier molecular flexibility index (Phi) is 4.39. The lowest BCUT2D eigenvalue weighted by Gasteiger charge is -2.08. The summed E-state index contributed by atoms with van der Waals surface area (Å²) in [6.45, 7) is 0. The number of nitrogen functional groups attached to an aromatic ring is 1. The number of hydrogen-bond acceptors (Lipinski definition) is 5. The van der Waals surface area contributed by atoms with Crippen LogP contribution in [-0.4, -0.2) is 24.0 Å². The smallest absolute Gasteiger partial charge is 0.339 e. The average Bonchev–Trinajstić information content (AvgIpc) is 2.48. The lowest BCUT2D eigenvalue weighted by molar-refractivity contribution is 0.0600. The molecular formula is C14H12ClN3O3. The number of pyridine rings is 1. The molecule has 0 bridgehead atoms. The molecule has 0 aliphatic heterocycles. The largest absolute Gasteiger partial charge is 0.465 e. The molecule has 1 amide bonds. The summed E-state index contributed by atoms with van der Waals surface area (Å²) in [6, 6.07) is 7.68. The van der Waals surface area contributed by atoms with Gasteiger partial charge in [0.05, 0.1) is 23.4 Å². The number of nitrogens with zero attached hydrogens (tertiary/aromatic N) is 1. The summed E-state index contributed by atoms with van der Waals surface area (Å²) in [5, 5.41) is 2.83. The zero-order valence-electron chi connectivity index (χ0n) is 11.1. The second-order valence-corrected chi connectivity index (χ2v) is 4.49. The SMILES string of the molecule is COC(=O)c1cc(NC(=O)c2ncccc2N)ccc1Cl. The molecule has 1 heterocycles. The van der Waals surface area contributed by atoms with E-state index in [1.54, 1.807) is 18.2 Å². The van der Waals surface area contributed by atoms with Gasteiger partial charge in [-0.2, -0.15) is 0 Å². The van der Waals surface area contributed by atoms with Crippen LogP contribution in [0.4, 0.5) is 11.4 Å². The first-order valence-electron chi connectivity index (χ1n) is 5.92. The number of nitrogens with one attached hydrogen (secondary N) is 1. The quantitative estimate of drug-likeness (QED) is 0.849. The van der Waals surface area contributed by atoms with E-state index in [0.29, 0.717) is 5.69 Å². The lowest BCUT2D eigenvalue weighted by atomic mass is 10.2. The number of anilines is 2. The maximum atomic E-state index is 12.1. The highest BCUT2D eigenvalue weighted by Crippen LogP contribution is 2.22. The Hall–Kier alpha value is -2.60. The summed E-state index contributed by atoms with van der Waals surface area (Å²) in [7, 11) is 1.25. The molecule has 0 radical (unpaired) electrons. The molecule has 0 unspecified atom stereocenters. The number of aromatic nitrogens is 1. The number of methoxy groups -OCH3 is 1. The maximum absolute atomic E-state index is 12.1. The molecule has 0 aliphatic carbocycles. The first-order valence-corrected chi connectivity index (χ1v) is 6.30. The minimum atomic E-state index is -0.589. The van der Waals surface area contributed by atoms with E-state index in [0.717, 1.165) is 0 Å². The average molecular weight is 306 g/mol. The van der Waals surface area contributed by atoms with Crippen LogP contribution in [0, 0.1) is 0 Å². The van der Waals surface area contributed by atoms with E-state index in [2.05, 4.69) is 15.0 Å². The molecule has 0 atom stereocenters. The molecule has 0 fully saturated rings. The Morgan fingerprint density at radius 2 is 2.10 bits per heavy atom. The number of hydrogen-bond donors (Lipinski definition) is 2. The van der Waals surface area contributed by atoms with Gasteiger partial charge in [0, 0.05) is 11.9 Å². The zero-order chi connectivity index (χ0) is 15.4. The van der Waals surface area contributed by atoms with Crippen LogP contribution in [0.3, 0.4) is 0 Å². The summed E-state index contributed by atoms with van der Waals surface area (Å²) in [5.41, 5.74) is 6.59. The van der Waals surface area contributed by atoms with Crippen molar-refractivity contribution in [3.63, 3.8) is 0 Å². The van der Waals surface area contributed by atoms with E-state index in [4.69, 9.17) is 17.3 Å². The van der Waals surface area contributed by atoms with Gasteiger partial charge in [-0.25, -0.2) is 9.78 Å². The van der Waals surface area contributed by atoms with Gasteiger partial charge in [0.15, 0.2) is 5.69 Å². The first-order chi connectivity index (χ1) is 10.0. The van der Waals surface area contributed by atoms with Gasteiger partial charge in [-0.1, -0.05) is 11.6 Å². The standard InChI is InChI=1S/C14H12ClN3O3/c1-21-14(20)9-7-8(4-5-10(9)15)18-13(19)12-11(16)3-2-6-17-12/h2-7H,16H2,1H3,(H,18,19). The van der Waals surface area contributed by atoms with E-state index in [1.807, 2.05) is 0 Å². The third-order valence-corrected chi connectivity index (χ3v) is 3.01. The zero-order valence-corrected chi connectivity index (χ0v) is 11.8. The van der Waals surface area contributed by atoms with Crippen LogP contribution >= 0.6 is 11.6 Å². The van der Waals surface area contributed by atoms with Crippen molar-refractivity contribution in [3.8, 4) is 0 Å². The number of carbonyl (C=O) groups is 2. The van der Waals surface area contributed by atoms with Crippen LogP contribution in [0.1, 0.15) is 20.8 Å². The molecule has 6 nitrogen and oxygen atoms in total. The number of nitrogens with two attached hydrogens (primary N) is 1. The van der Waals surface area contributed by atoms with Crippen molar-refractivity contribution in [2.45, 2.75) is 0 Å². The van der Waals surface area contributed by atoms with Crippen molar-refractivity contribution < 1.29 is 14.3 Å². The second kappa shape index (κ2) is 6.23. The molecule has 108 valence electrons. The Morgan fingerprint density at radius 1 is 1.33 bits per heavy atom. The monoisotopic (exact) mass is 305 g/mol. The van der Waals surface area contributed by atoms with Crippen LogP contribution in [0.25, 0.3) is 0 Å². The minimum Gasteiger partial charge on any atom is -0.465 e. The highest BCUT2D eigenvalue weighted by Gasteiger charge is 2.15. The number of carbonyl (C=O) groups excluding carboxylic acids is 2. The molecule has 0 saturated heterocycles. The predicted molar refractivity (Wildman–Crippen MR) is 79.4 cm³/mol. The molecule has 0 spiro atoms. The van der Waals surface area contributed by atoms with Gasteiger partial charge in [0.1, 0.15) is 0 Å². The van der Waals surface area contributed by atoms with Crippen LogP contribution < -0.4 is 11.1 Å². The van der Waals surface area contributed by atoms with Crippen molar-refractivity contribution >= 4 is 34.9 Å². The van der Waals surface area contributed by atoms with Crippen LogP contribution in [0.5, 0.6) is 0 Å². The third kappa shape index (κ3) is 3.29. The Bertz CT molecular complexity index is 704. The molecule has 21 heavy (non-hydrogen) atoms. The highest BCUT2D eigenvalue weighted by molar-refractivity contribution is 6.33. The number of esters is 1. The molecule has 1 aromatic carbocycles. The molecule has 7 heteroatoms. The van der Waals surface area contributed by atoms with Crippen molar-refractivity contribution in [1.29, 1.82) is 0 Å². The number of halogens is 1. The van der Waals surface area contributed by atoms with E-state index < -0.39 is 11.9 Å². The number of benzene rings is 1. The highest BCUT2D eigenvalue weighted by atomic mass is 35.5. The predicted octanol–water partition coefficient (Wildman–Crippen LogP) is 2.36. The van der Waals surface area contributed by atoms with Crippen LogP contribution in [-0.2, 0) is 4.74 Å². The van der Waals surface area contributed by atoms with Crippen molar-refractivity contribution in [1.82, 2.24) is 4.98 Å². The summed E-state index contributed by atoms with van der Waals surface area (Å²) < 4.78 is 4.61. The fraction of sp³-hybridized carbons (Fsp3) is 0.0714. The third-order valence-electron chi connectivity index (χ3n) is 2.68. The molecule has 3 N–H and O–H groups in total. The summed E-state index contributed by atoms with van der Waals surface area (Å²) in [5.74, 6) is -1.07. The van der Waals surface area contributed by atoms with Gasteiger partial charge in [-0.3, -0.25) is 4.79 Å². The number of rotatable bonds is 3.